The van der Waals surface area contributed by atoms with Crippen LogP contribution in [0.15, 0.2) is 12.1 Å². The van der Waals surface area contributed by atoms with Gasteiger partial charge < -0.3 is 9.53 Å². The lowest BCUT2D eigenvalue weighted by atomic mass is 9.80. The summed E-state index contributed by atoms with van der Waals surface area (Å²) in [4.78, 5) is 23.8. The number of halogens is 1. The molecule has 3 rings (SSSR count). The summed E-state index contributed by atoms with van der Waals surface area (Å²) in [6, 6.07) is 3.96. The van der Waals surface area contributed by atoms with Crippen molar-refractivity contribution in [3.8, 4) is 0 Å². The maximum Gasteiger partial charge on any atom is 0.323 e. The van der Waals surface area contributed by atoms with Gasteiger partial charge >= 0.3 is 5.97 Å². The molecule has 1 fully saturated rings. The molecular weight excluding hydrogens is 300 g/mol. The molecule has 0 heterocycles. The molecule has 1 aromatic rings. The van der Waals surface area contributed by atoms with Crippen LogP contribution in [0, 0.1) is 0 Å². The first kappa shape index (κ1) is 15.5. The third kappa shape index (κ3) is 2.36. The van der Waals surface area contributed by atoms with Gasteiger partial charge in [0.05, 0.1) is 7.11 Å². The Morgan fingerprint density at radius 1 is 1.32 bits per heavy atom. The monoisotopic (exact) mass is 320 g/mol. The van der Waals surface area contributed by atoms with E-state index in [-0.39, 0.29) is 0 Å². The van der Waals surface area contributed by atoms with Gasteiger partial charge in [-0.1, -0.05) is 36.9 Å². The van der Waals surface area contributed by atoms with Crippen molar-refractivity contribution in [2.24, 2.45) is 0 Å². The second kappa shape index (κ2) is 6.04. The number of aryl methyl sites for hydroxylation is 1. The van der Waals surface area contributed by atoms with Gasteiger partial charge in [-0.3, -0.25) is 4.79 Å². The highest BCUT2D eigenvalue weighted by molar-refractivity contribution is 6.31. The van der Waals surface area contributed by atoms with Crippen LogP contribution in [0.2, 0.25) is 5.02 Å². The Morgan fingerprint density at radius 2 is 2.05 bits per heavy atom. The van der Waals surface area contributed by atoms with E-state index in [9.17, 15) is 9.59 Å². The summed E-state index contributed by atoms with van der Waals surface area (Å²) in [6.45, 7) is 0. The number of aldehydes is 1. The molecule has 0 saturated heterocycles. The normalized spacial score (nSPS) is 24.8. The number of benzene rings is 1. The zero-order chi connectivity index (χ0) is 15.7. The van der Waals surface area contributed by atoms with Crippen LogP contribution in [0.4, 0.5) is 0 Å². The van der Waals surface area contributed by atoms with Crippen LogP contribution in [0.5, 0.6) is 0 Å². The molecule has 1 saturated carbocycles. The van der Waals surface area contributed by atoms with Crippen LogP contribution in [-0.2, 0) is 26.2 Å². The average Bonchev–Trinajstić information content (AvgIpc) is 2.93. The molecule has 2 aliphatic rings. The van der Waals surface area contributed by atoms with E-state index in [0.29, 0.717) is 17.4 Å². The molecule has 0 N–H and O–H groups in total. The maximum atomic E-state index is 12.1. The van der Waals surface area contributed by atoms with Crippen molar-refractivity contribution in [3.63, 3.8) is 0 Å². The number of fused-ring (bicyclic) bond motifs is 1. The second-order valence-corrected chi connectivity index (χ2v) is 6.85. The molecule has 1 aromatic carbocycles. The predicted molar refractivity (Wildman–Crippen MR) is 85.4 cm³/mol. The molecule has 0 bridgehead atoms. The van der Waals surface area contributed by atoms with Crippen molar-refractivity contribution < 1.29 is 14.3 Å². The Labute approximate surface area is 136 Å². The van der Waals surface area contributed by atoms with Crippen molar-refractivity contribution in [1.82, 2.24) is 0 Å². The van der Waals surface area contributed by atoms with E-state index in [1.807, 2.05) is 6.07 Å². The fraction of sp³-hybridized carbons (Fsp3) is 0.556. The molecule has 0 radical (unpaired) electrons. The molecule has 118 valence electrons. The molecule has 4 heteroatoms. The molecular formula is C18H21ClO3. The van der Waals surface area contributed by atoms with Gasteiger partial charge in [-0.2, -0.15) is 0 Å². The number of carbonyl (C=O) groups excluding carboxylic acids is 2. The van der Waals surface area contributed by atoms with E-state index in [1.165, 1.54) is 44.8 Å². The number of carbonyl (C=O) groups is 2. The first-order valence-corrected chi connectivity index (χ1v) is 8.37. The van der Waals surface area contributed by atoms with E-state index in [0.717, 1.165) is 23.8 Å². The summed E-state index contributed by atoms with van der Waals surface area (Å²) in [5, 5.41) is 0.683. The lowest BCUT2D eigenvalue weighted by Gasteiger charge is -2.25. The van der Waals surface area contributed by atoms with Crippen LogP contribution in [0.25, 0.3) is 0 Å². The molecule has 1 unspecified atom stereocenters. The zero-order valence-electron chi connectivity index (χ0n) is 12.9. The van der Waals surface area contributed by atoms with E-state index in [2.05, 4.69) is 6.07 Å². The van der Waals surface area contributed by atoms with Gasteiger partial charge in [0.25, 0.3) is 0 Å². The van der Waals surface area contributed by atoms with E-state index < -0.39 is 11.4 Å². The summed E-state index contributed by atoms with van der Waals surface area (Å²) in [7, 11) is 1.32. The van der Waals surface area contributed by atoms with Crippen molar-refractivity contribution in [1.29, 1.82) is 0 Å². The number of esters is 1. The lowest BCUT2D eigenvalue weighted by molar-refractivity contribution is -0.149. The summed E-state index contributed by atoms with van der Waals surface area (Å²) in [5.74, 6) is 0.0265. The van der Waals surface area contributed by atoms with Gasteiger partial charge in [0, 0.05) is 5.02 Å². The third-order valence-corrected chi connectivity index (χ3v) is 5.61. The molecule has 2 aliphatic carbocycles. The van der Waals surface area contributed by atoms with Gasteiger partial charge in [-0.05, 0) is 54.4 Å². The van der Waals surface area contributed by atoms with Crippen LogP contribution < -0.4 is 0 Å². The SMILES string of the molecule is COC(=O)C1(C=O)CCc2cc(C3CCCCC3)c(Cl)cc21. The Bertz CT molecular complexity index is 605. The zero-order valence-corrected chi connectivity index (χ0v) is 13.6. The van der Waals surface area contributed by atoms with Gasteiger partial charge in [0.15, 0.2) is 0 Å². The topological polar surface area (TPSA) is 43.4 Å². The van der Waals surface area contributed by atoms with Gasteiger partial charge in [0.1, 0.15) is 11.7 Å². The molecule has 1 atom stereocenters. The maximum absolute atomic E-state index is 12.1. The van der Waals surface area contributed by atoms with Crippen LogP contribution in [0.3, 0.4) is 0 Å². The Hall–Kier alpha value is -1.35. The smallest absolute Gasteiger partial charge is 0.323 e. The molecule has 0 aromatic heterocycles. The Kier molecular flexibility index (Phi) is 4.26. The first-order chi connectivity index (χ1) is 10.6. The van der Waals surface area contributed by atoms with Crippen molar-refractivity contribution in [2.45, 2.75) is 56.3 Å². The highest BCUT2D eigenvalue weighted by Crippen LogP contribution is 2.44. The standard InChI is InChI=1S/C18H21ClO3/c1-22-17(21)18(11-20)8-7-13-9-14(16(19)10-15(13)18)12-5-3-2-4-6-12/h9-12H,2-8H2,1H3. The molecule has 0 aliphatic heterocycles. The number of hydrogen-bond donors (Lipinski definition) is 0. The third-order valence-electron chi connectivity index (χ3n) is 5.29. The van der Waals surface area contributed by atoms with Crippen LogP contribution >= 0.6 is 11.6 Å². The minimum absolute atomic E-state index is 0.475. The fourth-order valence-corrected chi connectivity index (χ4v) is 4.33. The van der Waals surface area contributed by atoms with Crippen molar-refractivity contribution >= 4 is 23.9 Å². The number of methoxy groups -OCH3 is 1. The largest absolute Gasteiger partial charge is 0.468 e. The summed E-state index contributed by atoms with van der Waals surface area (Å²) < 4.78 is 4.86. The Balaban J connectivity index is 2.02. The minimum atomic E-state index is -1.17. The fourth-order valence-electron chi connectivity index (χ4n) is 4.02. The van der Waals surface area contributed by atoms with E-state index in [4.69, 9.17) is 16.3 Å². The molecule has 0 amide bonds. The number of ether oxygens (including phenoxy) is 1. The summed E-state index contributed by atoms with van der Waals surface area (Å²) >= 11 is 6.51. The van der Waals surface area contributed by atoms with Gasteiger partial charge in [-0.15, -0.1) is 0 Å². The van der Waals surface area contributed by atoms with Gasteiger partial charge in [0.2, 0.25) is 0 Å². The van der Waals surface area contributed by atoms with Gasteiger partial charge in [-0.25, -0.2) is 0 Å². The van der Waals surface area contributed by atoms with E-state index >= 15 is 0 Å². The number of rotatable bonds is 3. The average molecular weight is 321 g/mol. The summed E-state index contributed by atoms with van der Waals surface area (Å²) in [6.07, 6.45) is 8.07. The lowest BCUT2D eigenvalue weighted by Crippen LogP contribution is -2.36. The second-order valence-electron chi connectivity index (χ2n) is 6.45. The van der Waals surface area contributed by atoms with Crippen LogP contribution in [0.1, 0.15) is 61.1 Å². The first-order valence-electron chi connectivity index (χ1n) is 8.00. The molecule has 3 nitrogen and oxygen atoms in total. The summed E-state index contributed by atoms with van der Waals surface area (Å²) in [5.41, 5.74) is 1.83. The van der Waals surface area contributed by atoms with Crippen molar-refractivity contribution in [3.05, 3.63) is 33.8 Å². The minimum Gasteiger partial charge on any atom is -0.468 e. The molecule has 22 heavy (non-hydrogen) atoms. The predicted octanol–water partition coefficient (Wildman–Crippen LogP) is 3.94. The molecule has 0 spiro atoms. The van der Waals surface area contributed by atoms with Crippen LogP contribution in [-0.4, -0.2) is 19.4 Å². The Morgan fingerprint density at radius 3 is 2.68 bits per heavy atom. The van der Waals surface area contributed by atoms with Crippen molar-refractivity contribution in [2.75, 3.05) is 7.11 Å². The number of hydrogen-bond acceptors (Lipinski definition) is 3. The quantitative estimate of drug-likeness (QED) is 0.481. The van der Waals surface area contributed by atoms with E-state index in [1.54, 1.807) is 0 Å². The highest BCUT2D eigenvalue weighted by Gasteiger charge is 2.47. The highest BCUT2D eigenvalue weighted by atomic mass is 35.5.